The normalized spacial score (nSPS) is 11.6. The lowest BCUT2D eigenvalue weighted by Gasteiger charge is -2.15. The number of nitrogens with one attached hydrogen (secondary N) is 2. The third-order valence-corrected chi connectivity index (χ3v) is 6.33. The van der Waals surface area contributed by atoms with Crippen molar-refractivity contribution in [1.82, 2.24) is 9.78 Å². The van der Waals surface area contributed by atoms with E-state index in [2.05, 4.69) is 55.7 Å². The maximum Gasteiger partial charge on any atom is 0.324 e. The molecule has 8 heteroatoms. The van der Waals surface area contributed by atoms with Gasteiger partial charge in [0.05, 0.1) is 27.1 Å². The molecule has 0 saturated heterocycles. The molecule has 0 unspecified atom stereocenters. The second kappa shape index (κ2) is 9.66. The lowest BCUT2D eigenvalue weighted by atomic mass is 9.92. The first kappa shape index (κ1) is 24.1. The SMILES string of the molecule is CC(C)(C)c1cc(NC(=O)Nc2cccc(Cl)c2Cl)n(-c2cc(CCN)c3ccccc3c2)n1. The number of hydrogen-bond donors (Lipinski definition) is 3. The number of rotatable bonds is 5. The van der Waals surface area contributed by atoms with Crippen molar-refractivity contribution in [3.63, 3.8) is 0 Å². The predicted octanol–water partition coefficient (Wildman–Crippen LogP) is 6.78. The number of urea groups is 1. The van der Waals surface area contributed by atoms with Crippen LogP contribution in [0.3, 0.4) is 0 Å². The van der Waals surface area contributed by atoms with Crippen LogP contribution in [0.4, 0.5) is 16.3 Å². The highest BCUT2D eigenvalue weighted by Crippen LogP contribution is 2.31. The summed E-state index contributed by atoms with van der Waals surface area (Å²) in [4.78, 5) is 12.9. The van der Waals surface area contributed by atoms with E-state index in [4.69, 9.17) is 34.0 Å². The van der Waals surface area contributed by atoms with Gasteiger partial charge in [-0.3, -0.25) is 5.32 Å². The first-order valence-corrected chi connectivity index (χ1v) is 11.8. The largest absolute Gasteiger partial charge is 0.330 e. The molecular weight excluding hydrogens is 469 g/mol. The molecule has 0 spiro atoms. The smallest absolute Gasteiger partial charge is 0.324 e. The average Bonchev–Trinajstić information content (AvgIpc) is 3.21. The first-order valence-electron chi connectivity index (χ1n) is 11.0. The summed E-state index contributed by atoms with van der Waals surface area (Å²) in [5.41, 5.74) is 8.90. The zero-order valence-corrected chi connectivity index (χ0v) is 20.8. The molecule has 0 radical (unpaired) electrons. The zero-order chi connectivity index (χ0) is 24.5. The number of nitrogens with zero attached hydrogens (tertiary/aromatic N) is 2. The summed E-state index contributed by atoms with van der Waals surface area (Å²) >= 11 is 12.3. The monoisotopic (exact) mass is 495 g/mol. The van der Waals surface area contributed by atoms with Gasteiger partial charge in [-0.15, -0.1) is 0 Å². The van der Waals surface area contributed by atoms with E-state index in [0.717, 1.165) is 34.1 Å². The number of benzene rings is 3. The Bertz CT molecular complexity index is 1360. The fourth-order valence-corrected chi connectivity index (χ4v) is 4.11. The molecule has 0 bridgehead atoms. The fraction of sp³-hybridized carbons (Fsp3) is 0.231. The summed E-state index contributed by atoms with van der Waals surface area (Å²) < 4.78 is 1.76. The molecule has 1 heterocycles. The van der Waals surface area contributed by atoms with Crippen LogP contribution in [-0.2, 0) is 11.8 Å². The quantitative estimate of drug-likeness (QED) is 0.285. The molecule has 176 valence electrons. The highest BCUT2D eigenvalue weighted by molar-refractivity contribution is 6.44. The van der Waals surface area contributed by atoms with Gasteiger partial charge in [0.15, 0.2) is 0 Å². The van der Waals surface area contributed by atoms with Crippen molar-refractivity contribution in [3.05, 3.63) is 82.0 Å². The summed E-state index contributed by atoms with van der Waals surface area (Å²) in [5, 5.41) is 13.4. The predicted molar refractivity (Wildman–Crippen MR) is 142 cm³/mol. The number of carbonyl (C=O) groups excluding carboxylic acids is 1. The van der Waals surface area contributed by atoms with Crippen molar-refractivity contribution in [1.29, 1.82) is 0 Å². The molecule has 0 aliphatic carbocycles. The minimum atomic E-state index is -0.450. The van der Waals surface area contributed by atoms with Crippen LogP contribution >= 0.6 is 23.2 Å². The van der Waals surface area contributed by atoms with E-state index in [-0.39, 0.29) is 10.4 Å². The van der Waals surface area contributed by atoms with E-state index >= 15 is 0 Å². The van der Waals surface area contributed by atoms with Gasteiger partial charge in [0.25, 0.3) is 0 Å². The molecule has 2 amide bonds. The van der Waals surface area contributed by atoms with Crippen LogP contribution < -0.4 is 16.4 Å². The molecule has 0 aliphatic rings. The number of nitrogens with two attached hydrogens (primary N) is 1. The van der Waals surface area contributed by atoms with E-state index in [1.54, 1.807) is 22.9 Å². The van der Waals surface area contributed by atoms with Crippen molar-refractivity contribution in [2.24, 2.45) is 5.73 Å². The summed E-state index contributed by atoms with van der Waals surface area (Å²) in [7, 11) is 0. The topological polar surface area (TPSA) is 85.0 Å². The second-order valence-electron chi connectivity index (χ2n) is 9.12. The average molecular weight is 496 g/mol. The third kappa shape index (κ3) is 5.04. The summed E-state index contributed by atoms with van der Waals surface area (Å²) in [6, 6.07) is 18.8. The fourth-order valence-electron chi connectivity index (χ4n) is 3.76. The minimum absolute atomic E-state index is 0.217. The van der Waals surface area contributed by atoms with E-state index in [9.17, 15) is 4.79 Å². The van der Waals surface area contributed by atoms with Crippen LogP contribution in [0.25, 0.3) is 16.5 Å². The Balaban J connectivity index is 1.75. The van der Waals surface area contributed by atoms with Crippen molar-refractivity contribution in [2.45, 2.75) is 32.6 Å². The maximum atomic E-state index is 12.9. The van der Waals surface area contributed by atoms with E-state index in [1.807, 2.05) is 18.2 Å². The molecule has 4 N–H and O–H groups in total. The summed E-state index contributed by atoms with van der Waals surface area (Å²) in [6.45, 7) is 6.77. The Kier molecular flexibility index (Phi) is 6.84. The number of halogens is 2. The Morgan fingerprint density at radius 1 is 1.03 bits per heavy atom. The number of fused-ring (bicyclic) bond motifs is 1. The van der Waals surface area contributed by atoms with Crippen LogP contribution in [0.15, 0.2) is 60.7 Å². The molecule has 0 aliphatic heterocycles. The maximum absolute atomic E-state index is 12.9. The van der Waals surface area contributed by atoms with Gasteiger partial charge in [-0.25, -0.2) is 9.48 Å². The third-order valence-electron chi connectivity index (χ3n) is 5.51. The van der Waals surface area contributed by atoms with Gasteiger partial charge in [0.2, 0.25) is 0 Å². The van der Waals surface area contributed by atoms with Gasteiger partial charge < -0.3 is 11.1 Å². The Labute approximate surface area is 209 Å². The molecule has 0 atom stereocenters. The van der Waals surface area contributed by atoms with E-state index < -0.39 is 6.03 Å². The number of aromatic nitrogens is 2. The molecule has 0 fully saturated rings. The standard InChI is InChI=1S/C26H27Cl2N5O/c1-26(2,3)22-15-23(31-25(34)30-21-10-6-9-20(27)24(21)28)33(32-22)18-13-16-7-4-5-8-19(16)17(14-18)11-12-29/h4-10,13-15H,11-12,29H2,1-3H3,(H2,30,31,34). The highest BCUT2D eigenvalue weighted by atomic mass is 35.5. The van der Waals surface area contributed by atoms with Crippen LogP contribution in [0.1, 0.15) is 32.0 Å². The first-order chi connectivity index (χ1) is 16.2. The van der Waals surface area contributed by atoms with Crippen LogP contribution in [-0.4, -0.2) is 22.4 Å². The number of amides is 2. The Morgan fingerprint density at radius 3 is 2.53 bits per heavy atom. The van der Waals surface area contributed by atoms with Gasteiger partial charge in [0.1, 0.15) is 5.82 Å². The number of carbonyl (C=O) groups is 1. The van der Waals surface area contributed by atoms with Gasteiger partial charge in [0, 0.05) is 11.5 Å². The second-order valence-corrected chi connectivity index (χ2v) is 9.91. The van der Waals surface area contributed by atoms with Crippen molar-refractivity contribution in [2.75, 3.05) is 17.2 Å². The molecule has 0 saturated carbocycles. The van der Waals surface area contributed by atoms with Crippen LogP contribution in [0.2, 0.25) is 10.0 Å². The van der Waals surface area contributed by atoms with Crippen molar-refractivity contribution < 1.29 is 4.79 Å². The van der Waals surface area contributed by atoms with Crippen LogP contribution in [0, 0.1) is 0 Å². The van der Waals surface area contributed by atoms with Crippen molar-refractivity contribution in [3.8, 4) is 5.69 Å². The highest BCUT2D eigenvalue weighted by Gasteiger charge is 2.22. The molecule has 34 heavy (non-hydrogen) atoms. The number of hydrogen-bond acceptors (Lipinski definition) is 3. The molecule has 4 rings (SSSR count). The lowest BCUT2D eigenvalue weighted by Crippen LogP contribution is -2.21. The summed E-state index contributed by atoms with van der Waals surface area (Å²) in [5.74, 6) is 0.537. The van der Waals surface area contributed by atoms with Gasteiger partial charge in [-0.2, -0.15) is 5.10 Å². The van der Waals surface area contributed by atoms with Crippen LogP contribution in [0.5, 0.6) is 0 Å². The van der Waals surface area contributed by atoms with Gasteiger partial charge in [-0.1, -0.05) is 74.3 Å². The Hall–Kier alpha value is -3.06. The molecule has 6 nitrogen and oxygen atoms in total. The number of anilines is 2. The van der Waals surface area contributed by atoms with Crippen molar-refractivity contribution >= 4 is 51.5 Å². The lowest BCUT2D eigenvalue weighted by molar-refractivity contribution is 0.262. The van der Waals surface area contributed by atoms with Gasteiger partial charge >= 0.3 is 6.03 Å². The molecule has 3 aromatic carbocycles. The molecule has 1 aromatic heterocycles. The molecular formula is C26H27Cl2N5O. The Morgan fingerprint density at radius 2 is 1.79 bits per heavy atom. The molecule has 4 aromatic rings. The van der Waals surface area contributed by atoms with E-state index in [0.29, 0.717) is 23.1 Å². The minimum Gasteiger partial charge on any atom is -0.330 e. The zero-order valence-electron chi connectivity index (χ0n) is 19.3. The van der Waals surface area contributed by atoms with E-state index in [1.165, 1.54) is 0 Å². The summed E-state index contributed by atoms with van der Waals surface area (Å²) in [6.07, 6.45) is 0.734. The van der Waals surface area contributed by atoms with Gasteiger partial charge in [-0.05, 0) is 53.6 Å².